The van der Waals surface area contributed by atoms with Crippen LogP contribution < -0.4 is 15.0 Å². The van der Waals surface area contributed by atoms with E-state index < -0.39 is 0 Å². The quantitative estimate of drug-likeness (QED) is 0.854. The second kappa shape index (κ2) is 6.50. The van der Waals surface area contributed by atoms with Gasteiger partial charge in [0.15, 0.2) is 0 Å². The summed E-state index contributed by atoms with van der Waals surface area (Å²) in [7, 11) is 0. The molecule has 0 fully saturated rings. The number of amides is 2. The van der Waals surface area contributed by atoms with Crippen LogP contribution in [0.15, 0.2) is 42.5 Å². The topological polar surface area (TPSA) is 41.6 Å². The van der Waals surface area contributed by atoms with Gasteiger partial charge in [-0.2, -0.15) is 0 Å². The fraction of sp³-hybridized carbons (Fsp3) is 0.278. The molecule has 120 valence electrons. The van der Waals surface area contributed by atoms with Gasteiger partial charge in [-0.3, -0.25) is 4.90 Å². The van der Waals surface area contributed by atoms with Crippen molar-refractivity contribution in [3.63, 3.8) is 0 Å². The van der Waals surface area contributed by atoms with Gasteiger partial charge in [-0.25, -0.2) is 4.79 Å². The first kappa shape index (κ1) is 15.7. The lowest BCUT2D eigenvalue weighted by atomic mass is 10.1. The maximum Gasteiger partial charge on any atom is 0.326 e. The van der Waals surface area contributed by atoms with Crippen molar-refractivity contribution in [1.29, 1.82) is 0 Å². The number of urea groups is 1. The van der Waals surface area contributed by atoms with Gasteiger partial charge in [-0.05, 0) is 43.2 Å². The highest BCUT2D eigenvalue weighted by Crippen LogP contribution is 2.34. The van der Waals surface area contributed by atoms with Crippen LogP contribution in [0.4, 0.5) is 16.2 Å². The molecule has 23 heavy (non-hydrogen) atoms. The van der Waals surface area contributed by atoms with Crippen LogP contribution in [0.5, 0.6) is 5.75 Å². The number of halogens is 1. The second-order valence-electron chi connectivity index (χ2n) is 5.62. The van der Waals surface area contributed by atoms with Crippen molar-refractivity contribution in [1.82, 2.24) is 0 Å². The Morgan fingerprint density at radius 1 is 1.35 bits per heavy atom. The summed E-state index contributed by atoms with van der Waals surface area (Å²) in [6.45, 7) is 4.51. The van der Waals surface area contributed by atoms with Crippen LogP contribution in [-0.2, 0) is 0 Å². The molecule has 0 aromatic heterocycles. The lowest BCUT2D eigenvalue weighted by molar-refractivity contribution is 0.188. The Labute approximate surface area is 141 Å². The van der Waals surface area contributed by atoms with E-state index in [-0.39, 0.29) is 12.1 Å². The zero-order valence-corrected chi connectivity index (χ0v) is 13.9. The molecule has 1 aliphatic heterocycles. The number of hydrogen-bond donors (Lipinski definition) is 1. The molecule has 5 heteroatoms. The molecule has 0 spiro atoms. The molecule has 1 atom stereocenters. The van der Waals surface area contributed by atoms with E-state index in [0.29, 0.717) is 17.3 Å². The normalized spacial score (nSPS) is 16.5. The van der Waals surface area contributed by atoms with E-state index in [0.717, 1.165) is 23.4 Å². The van der Waals surface area contributed by atoms with E-state index >= 15 is 0 Å². The Bertz CT molecular complexity index is 733. The Morgan fingerprint density at radius 2 is 2.13 bits per heavy atom. The number of hydrogen-bond acceptors (Lipinski definition) is 2. The second-order valence-corrected chi connectivity index (χ2v) is 6.03. The van der Waals surface area contributed by atoms with Gasteiger partial charge in [-0.1, -0.05) is 36.7 Å². The molecule has 0 unspecified atom stereocenters. The first-order chi connectivity index (χ1) is 11.1. The number of fused-ring (bicyclic) bond motifs is 1. The molecular weight excluding hydrogens is 312 g/mol. The number of carbonyl (C=O) groups excluding carboxylic acids is 1. The Kier molecular flexibility index (Phi) is 4.44. The van der Waals surface area contributed by atoms with Gasteiger partial charge in [0.05, 0.1) is 12.2 Å². The Balaban J connectivity index is 1.84. The van der Waals surface area contributed by atoms with Gasteiger partial charge in [0.1, 0.15) is 11.9 Å². The van der Waals surface area contributed by atoms with Crippen molar-refractivity contribution in [3.05, 3.63) is 53.1 Å². The number of anilines is 2. The van der Waals surface area contributed by atoms with Gasteiger partial charge in [0.2, 0.25) is 0 Å². The van der Waals surface area contributed by atoms with Gasteiger partial charge in [0, 0.05) is 10.7 Å². The van der Waals surface area contributed by atoms with Gasteiger partial charge < -0.3 is 10.1 Å². The molecular formula is C18H19ClN2O2. The third-order valence-corrected chi connectivity index (χ3v) is 4.37. The van der Waals surface area contributed by atoms with Crippen molar-refractivity contribution in [2.24, 2.45) is 0 Å². The Morgan fingerprint density at radius 3 is 2.87 bits per heavy atom. The van der Waals surface area contributed by atoms with E-state index in [2.05, 4.69) is 12.2 Å². The summed E-state index contributed by atoms with van der Waals surface area (Å²) < 4.78 is 5.90. The van der Waals surface area contributed by atoms with Crippen LogP contribution >= 0.6 is 11.6 Å². The zero-order valence-electron chi connectivity index (χ0n) is 13.2. The molecule has 1 aliphatic rings. The predicted octanol–water partition coefficient (Wildman–Crippen LogP) is 4.86. The van der Waals surface area contributed by atoms with Crippen molar-refractivity contribution in [2.75, 3.05) is 16.8 Å². The molecule has 2 aromatic carbocycles. The molecule has 1 heterocycles. The minimum atomic E-state index is -0.181. The molecule has 0 aliphatic carbocycles. The summed E-state index contributed by atoms with van der Waals surface area (Å²) in [6.07, 6.45) is 0.839. The highest BCUT2D eigenvalue weighted by Gasteiger charge is 2.28. The summed E-state index contributed by atoms with van der Waals surface area (Å²) in [5.74, 6) is 0.739. The SMILES string of the molecule is CC[C@H]1CN(C(=O)Nc2ccc(C)c(Cl)c2)c2ccccc2O1. The first-order valence-corrected chi connectivity index (χ1v) is 8.06. The smallest absolute Gasteiger partial charge is 0.326 e. The van der Waals surface area contributed by atoms with Gasteiger partial charge in [0.25, 0.3) is 0 Å². The lowest BCUT2D eigenvalue weighted by Crippen LogP contribution is -2.45. The standard InChI is InChI=1S/C18H19ClN2O2/c1-3-14-11-21(16-6-4-5-7-17(16)23-14)18(22)20-13-9-8-12(2)15(19)10-13/h4-10,14H,3,11H2,1-2H3,(H,20,22)/t14-/m0/s1. The van der Waals surface area contributed by atoms with E-state index in [1.807, 2.05) is 43.3 Å². The van der Waals surface area contributed by atoms with Crippen molar-refractivity contribution in [3.8, 4) is 5.75 Å². The number of carbonyl (C=O) groups is 1. The first-order valence-electron chi connectivity index (χ1n) is 7.69. The molecule has 4 nitrogen and oxygen atoms in total. The summed E-state index contributed by atoms with van der Waals surface area (Å²) in [5, 5.41) is 3.55. The predicted molar refractivity (Wildman–Crippen MR) is 93.7 cm³/mol. The maximum atomic E-state index is 12.7. The van der Waals surface area contributed by atoms with E-state index in [9.17, 15) is 4.79 Å². The molecule has 0 saturated carbocycles. The monoisotopic (exact) mass is 330 g/mol. The number of rotatable bonds is 2. The molecule has 3 rings (SSSR count). The number of para-hydroxylation sites is 2. The minimum absolute atomic E-state index is 0.00254. The highest BCUT2D eigenvalue weighted by atomic mass is 35.5. The third-order valence-electron chi connectivity index (χ3n) is 3.96. The lowest BCUT2D eigenvalue weighted by Gasteiger charge is -2.34. The fourth-order valence-corrected chi connectivity index (χ4v) is 2.75. The fourth-order valence-electron chi connectivity index (χ4n) is 2.56. The summed E-state index contributed by atoms with van der Waals surface area (Å²) in [4.78, 5) is 14.4. The molecule has 2 amide bonds. The zero-order chi connectivity index (χ0) is 16.4. The molecule has 0 saturated heterocycles. The number of nitrogens with one attached hydrogen (secondary N) is 1. The number of nitrogens with zero attached hydrogens (tertiary/aromatic N) is 1. The minimum Gasteiger partial charge on any atom is -0.486 e. The summed E-state index contributed by atoms with van der Waals surface area (Å²) in [5.41, 5.74) is 2.45. The van der Waals surface area contributed by atoms with Crippen molar-refractivity contribution < 1.29 is 9.53 Å². The van der Waals surface area contributed by atoms with Gasteiger partial charge in [-0.15, -0.1) is 0 Å². The van der Waals surface area contributed by atoms with Crippen LogP contribution in [0.1, 0.15) is 18.9 Å². The maximum absolute atomic E-state index is 12.7. The van der Waals surface area contributed by atoms with Gasteiger partial charge >= 0.3 is 6.03 Å². The van der Waals surface area contributed by atoms with Crippen LogP contribution in [-0.4, -0.2) is 18.7 Å². The average Bonchev–Trinajstić information content (AvgIpc) is 2.57. The molecule has 2 aromatic rings. The summed E-state index contributed by atoms with van der Waals surface area (Å²) in [6, 6.07) is 12.9. The number of ether oxygens (including phenoxy) is 1. The largest absolute Gasteiger partial charge is 0.486 e. The molecule has 0 radical (unpaired) electrons. The van der Waals surface area contributed by atoms with Crippen molar-refractivity contribution in [2.45, 2.75) is 26.4 Å². The highest BCUT2D eigenvalue weighted by molar-refractivity contribution is 6.31. The number of benzene rings is 2. The average molecular weight is 331 g/mol. The van der Waals surface area contributed by atoms with E-state index in [4.69, 9.17) is 16.3 Å². The molecule has 1 N–H and O–H groups in total. The van der Waals surface area contributed by atoms with Crippen LogP contribution in [0, 0.1) is 6.92 Å². The molecule has 0 bridgehead atoms. The van der Waals surface area contributed by atoms with Crippen LogP contribution in [0.25, 0.3) is 0 Å². The van der Waals surface area contributed by atoms with E-state index in [1.165, 1.54) is 0 Å². The van der Waals surface area contributed by atoms with Crippen molar-refractivity contribution >= 4 is 29.0 Å². The van der Waals surface area contributed by atoms with E-state index in [1.54, 1.807) is 11.0 Å². The number of aryl methyl sites for hydroxylation is 1. The summed E-state index contributed by atoms with van der Waals surface area (Å²) >= 11 is 6.12. The van der Waals surface area contributed by atoms with Crippen LogP contribution in [0.2, 0.25) is 5.02 Å². The third kappa shape index (κ3) is 3.27. The Hall–Kier alpha value is -2.20. The van der Waals surface area contributed by atoms with Crippen LogP contribution in [0.3, 0.4) is 0 Å².